The fourth-order valence-corrected chi connectivity index (χ4v) is 4.36. The van der Waals surface area contributed by atoms with E-state index in [0.29, 0.717) is 39.6 Å². The number of carbonyl (C=O) groups excluding carboxylic acids is 1. The topological polar surface area (TPSA) is 44.1 Å². The Hall–Kier alpha value is -2.93. The van der Waals surface area contributed by atoms with E-state index in [9.17, 15) is 18.0 Å². The van der Waals surface area contributed by atoms with E-state index in [0.717, 1.165) is 11.1 Å². The third kappa shape index (κ3) is 4.02. The molecule has 1 aromatic heterocycles. The molecule has 3 aromatic rings. The summed E-state index contributed by atoms with van der Waals surface area (Å²) in [6.45, 7) is -0.856. The number of Topliss-reactive ketones (excluding diaryl/α,β-unsaturated/α-hetero) is 1. The largest absolute Gasteiger partial charge is 0.384 e. The quantitative estimate of drug-likeness (QED) is 0.526. The summed E-state index contributed by atoms with van der Waals surface area (Å²) >= 11 is 0. The first-order chi connectivity index (χ1) is 14.9. The van der Waals surface area contributed by atoms with Crippen LogP contribution in [-0.4, -0.2) is 29.3 Å². The summed E-state index contributed by atoms with van der Waals surface area (Å²) in [6, 6.07) is 10.1. The summed E-state index contributed by atoms with van der Waals surface area (Å²) in [5, 5.41) is 4.38. The van der Waals surface area contributed by atoms with Crippen LogP contribution in [0.25, 0.3) is 16.5 Å². The van der Waals surface area contributed by atoms with Gasteiger partial charge in [0.05, 0.1) is 24.2 Å². The first-order valence-corrected chi connectivity index (χ1v) is 10.1. The Morgan fingerprint density at radius 2 is 2.06 bits per heavy atom. The number of methoxy groups -OCH3 is 1. The molecular weight excluding hydrogens is 405 g/mol. The lowest BCUT2D eigenvalue weighted by atomic mass is 9.84. The minimum absolute atomic E-state index is 0.0238. The van der Waals surface area contributed by atoms with Crippen LogP contribution >= 0.6 is 0 Å². The molecule has 2 atom stereocenters. The van der Waals surface area contributed by atoms with Crippen LogP contribution in [0.2, 0.25) is 0 Å². The number of ether oxygens (including phenoxy) is 1. The minimum atomic E-state index is -2.74. The van der Waals surface area contributed by atoms with Crippen LogP contribution in [0.5, 0.6) is 0 Å². The Balaban J connectivity index is 1.74. The maximum atomic E-state index is 14.2. The van der Waals surface area contributed by atoms with Crippen LogP contribution in [0.15, 0.2) is 48.7 Å². The molecule has 2 aromatic carbocycles. The van der Waals surface area contributed by atoms with E-state index in [1.54, 1.807) is 31.2 Å². The molecule has 4 rings (SSSR count). The maximum Gasteiger partial charge on any atom is 0.333 e. The number of benzene rings is 2. The van der Waals surface area contributed by atoms with E-state index in [1.165, 1.54) is 19.4 Å². The number of fused-ring (bicyclic) bond motifs is 1. The van der Waals surface area contributed by atoms with E-state index >= 15 is 0 Å². The molecule has 0 bridgehead atoms. The Bertz CT molecular complexity index is 1150. The fraction of sp³-hybridized carbons (Fsp3) is 0.333. The van der Waals surface area contributed by atoms with Gasteiger partial charge < -0.3 is 4.74 Å². The van der Waals surface area contributed by atoms with Crippen molar-refractivity contribution in [3.05, 3.63) is 71.2 Å². The van der Waals surface area contributed by atoms with Gasteiger partial charge in [0.25, 0.3) is 0 Å². The van der Waals surface area contributed by atoms with Gasteiger partial charge in [-0.25, -0.2) is 9.07 Å². The molecule has 0 N–H and O–H groups in total. The second-order valence-electron chi connectivity index (χ2n) is 7.84. The van der Waals surface area contributed by atoms with Crippen molar-refractivity contribution in [3.63, 3.8) is 0 Å². The van der Waals surface area contributed by atoms with Gasteiger partial charge in [-0.05, 0) is 54.2 Å². The van der Waals surface area contributed by atoms with Gasteiger partial charge >= 0.3 is 6.55 Å². The zero-order chi connectivity index (χ0) is 22.1. The highest BCUT2D eigenvalue weighted by Gasteiger charge is 2.32. The molecule has 0 saturated heterocycles. The molecule has 0 radical (unpaired) electrons. The van der Waals surface area contributed by atoms with Crippen molar-refractivity contribution in [3.8, 4) is 0 Å². The summed E-state index contributed by atoms with van der Waals surface area (Å²) in [4.78, 5) is 13.3. The summed E-state index contributed by atoms with van der Waals surface area (Å²) < 4.78 is 46.7. The van der Waals surface area contributed by atoms with Crippen molar-refractivity contribution in [2.24, 2.45) is 5.92 Å². The molecule has 0 amide bonds. The van der Waals surface area contributed by atoms with Gasteiger partial charge in [-0.1, -0.05) is 30.3 Å². The molecule has 0 unspecified atom stereocenters. The second-order valence-corrected chi connectivity index (χ2v) is 7.84. The molecule has 162 valence electrons. The molecule has 7 heteroatoms. The van der Waals surface area contributed by atoms with Gasteiger partial charge in [-0.3, -0.25) is 4.79 Å². The molecule has 4 nitrogen and oxygen atoms in total. The predicted molar refractivity (Wildman–Crippen MR) is 112 cm³/mol. The van der Waals surface area contributed by atoms with Gasteiger partial charge in [-0.15, -0.1) is 0 Å². The molecule has 0 spiro atoms. The zero-order valence-electron chi connectivity index (χ0n) is 17.3. The molecular formula is C24H23F3N2O2. The smallest absolute Gasteiger partial charge is 0.333 e. The number of carbonyl (C=O) groups is 1. The number of alkyl halides is 2. The maximum absolute atomic E-state index is 14.2. The van der Waals surface area contributed by atoms with Crippen LogP contribution in [-0.2, 0) is 9.53 Å². The Morgan fingerprint density at radius 3 is 2.81 bits per heavy atom. The zero-order valence-corrected chi connectivity index (χ0v) is 17.3. The van der Waals surface area contributed by atoms with Gasteiger partial charge in [0.15, 0.2) is 0 Å². The Morgan fingerprint density at radius 1 is 1.26 bits per heavy atom. The van der Waals surface area contributed by atoms with Crippen molar-refractivity contribution < 1.29 is 22.7 Å². The number of hydrogen-bond donors (Lipinski definition) is 0. The number of allylic oxidation sites excluding steroid dienone is 1. The lowest BCUT2D eigenvalue weighted by molar-refractivity contribution is -0.124. The highest BCUT2D eigenvalue weighted by Crippen LogP contribution is 2.37. The molecule has 0 aliphatic heterocycles. The average molecular weight is 428 g/mol. The number of rotatable bonds is 5. The van der Waals surface area contributed by atoms with Crippen LogP contribution in [0.4, 0.5) is 13.2 Å². The third-order valence-corrected chi connectivity index (χ3v) is 6.00. The van der Waals surface area contributed by atoms with Crippen LogP contribution in [0.1, 0.15) is 42.0 Å². The Kier molecular flexibility index (Phi) is 5.96. The summed E-state index contributed by atoms with van der Waals surface area (Å²) in [7, 11) is 1.53. The molecule has 1 heterocycles. The highest BCUT2D eigenvalue weighted by atomic mass is 19.3. The summed E-state index contributed by atoms with van der Waals surface area (Å²) in [6.07, 6.45) is 4.33. The predicted octanol–water partition coefficient (Wildman–Crippen LogP) is 5.67. The fourth-order valence-electron chi connectivity index (χ4n) is 4.36. The van der Waals surface area contributed by atoms with Crippen molar-refractivity contribution in [1.82, 2.24) is 9.78 Å². The summed E-state index contributed by atoms with van der Waals surface area (Å²) in [5.41, 5.74) is 3.15. The monoisotopic (exact) mass is 428 g/mol. The second kappa shape index (κ2) is 8.67. The van der Waals surface area contributed by atoms with E-state index in [1.807, 2.05) is 12.1 Å². The Labute approximate surface area is 178 Å². The SMILES string of the molecule is COC[C@H]1C=C(c2ccc3cnn(C(F)F)c3c2)CC[C@H](c2cccc(F)c2C)C1=O. The first kappa shape index (κ1) is 21.3. The molecule has 1 aliphatic carbocycles. The van der Waals surface area contributed by atoms with E-state index in [2.05, 4.69) is 5.10 Å². The van der Waals surface area contributed by atoms with Crippen LogP contribution in [0.3, 0.4) is 0 Å². The molecule has 0 fully saturated rings. The average Bonchev–Trinajstić information content (AvgIpc) is 3.11. The molecule has 0 saturated carbocycles. The van der Waals surface area contributed by atoms with E-state index in [4.69, 9.17) is 4.74 Å². The number of aromatic nitrogens is 2. The number of hydrogen-bond acceptors (Lipinski definition) is 3. The van der Waals surface area contributed by atoms with Crippen molar-refractivity contribution in [2.45, 2.75) is 32.2 Å². The van der Waals surface area contributed by atoms with Gasteiger partial charge in [-0.2, -0.15) is 13.9 Å². The summed E-state index contributed by atoms with van der Waals surface area (Å²) in [5.74, 6) is -1.33. The third-order valence-electron chi connectivity index (χ3n) is 6.00. The lowest BCUT2D eigenvalue weighted by Crippen LogP contribution is -2.24. The first-order valence-electron chi connectivity index (χ1n) is 10.1. The normalized spacial score (nSPS) is 19.7. The minimum Gasteiger partial charge on any atom is -0.384 e. The number of nitrogens with zero attached hydrogens (tertiary/aromatic N) is 2. The number of ketones is 1. The van der Waals surface area contributed by atoms with Crippen LogP contribution < -0.4 is 0 Å². The van der Waals surface area contributed by atoms with E-state index < -0.39 is 18.4 Å². The van der Waals surface area contributed by atoms with E-state index in [-0.39, 0.29) is 18.2 Å². The highest BCUT2D eigenvalue weighted by molar-refractivity contribution is 5.93. The molecule has 31 heavy (non-hydrogen) atoms. The van der Waals surface area contributed by atoms with Crippen molar-refractivity contribution >= 4 is 22.3 Å². The number of halogens is 3. The van der Waals surface area contributed by atoms with Crippen LogP contribution in [0, 0.1) is 18.7 Å². The molecule has 1 aliphatic rings. The van der Waals surface area contributed by atoms with Gasteiger partial charge in [0, 0.05) is 18.4 Å². The standard InChI is InChI=1S/C24H23F3N2O2/c1-14-19(4-3-5-21(14)25)20-9-8-15(10-18(13-31-2)23(20)30)16-6-7-17-12-28-29(24(26)27)22(17)11-16/h3-7,10-12,18,20,24H,8-9,13H2,1-2H3/t18-,20-/m1/s1. The van der Waals surface area contributed by atoms with Gasteiger partial charge in [0.1, 0.15) is 11.6 Å². The lowest BCUT2D eigenvalue weighted by Gasteiger charge is -2.20. The van der Waals surface area contributed by atoms with Crippen molar-refractivity contribution in [2.75, 3.05) is 13.7 Å². The van der Waals surface area contributed by atoms with Crippen molar-refractivity contribution in [1.29, 1.82) is 0 Å². The van der Waals surface area contributed by atoms with Gasteiger partial charge in [0.2, 0.25) is 0 Å².